The van der Waals surface area contributed by atoms with Crippen LogP contribution in [-0.2, 0) is 4.79 Å². The summed E-state index contributed by atoms with van der Waals surface area (Å²) in [4.78, 5) is 11.3. The van der Waals surface area contributed by atoms with Crippen molar-refractivity contribution in [2.45, 2.75) is 63.8 Å². The minimum absolute atomic E-state index is 0.266. The van der Waals surface area contributed by atoms with Gasteiger partial charge in [-0.15, -0.1) is 0 Å². The Hall–Kier alpha value is -0.370. The quantitative estimate of drug-likeness (QED) is 0.626. The van der Waals surface area contributed by atoms with Crippen molar-refractivity contribution in [1.82, 2.24) is 0 Å². The van der Waals surface area contributed by atoms with E-state index in [1.165, 1.54) is 25.7 Å². The Morgan fingerprint density at radius 1 is 0.923 bits per heavy atom. The van der Waals surface area contributed by atoms with Gasteiger partial charge in [-0.05, 0) is 19.3 Å². The average Bonchev–Trinajstić information content (AvgIpc) is 2.15. The van der Waals surface area contributed by atoms with Crippen molar-refractivity contribution in [3.8, 4) is 0 Å². The van der Waals surface area contributed by atoms with Crippen molar-refractivity contribution in [3.63, 3.8) is 0 Å². The van der Waals surface area contributed by atoms with Gasteiger partial charge in [0.25, 0.3) is 0 Å². The molecule has 0 saturated heterocycles. The molecule has 0 aromatic rings. The van der Waals surface area contributed by atoms with E-state index >= 15 is 0 Å². The fourth-order valence-electron chi connectivity index (χ4n) is 1.87. The van der Waals surface area contributed by atoms with E-state index in [9.17, 15) is 4.79 Å². The third kappa shape index (κ3) is 5.04. The van der Waals surface area contributed by atoms with Gasteiger partial charge in [0, 0.05) is 18.9 Å². The van der Waals surface area contributed by atoms with Gasteiger partial charge in [0.2, 0.25) is 0 Å². The van der Waals surface area contributed by atoms with Crippen molar-refractivity contribution in [1.29, 1.82) is 0 Å². The van der Waals surface area contributed by atoms with E-state index in [2.05, 4.69) is 0 Å². The molecule has 0 aromatic carbocycles. The zero-order valence-electron chi connectivity index (χ0n) is 8.43. The van der Waals surface area contributed by atoms with Crippen molar-refractivity contribution in [2.24, 2.45) is 5.73 Å². The van der Waals surface area contributed by atoms with Crippen LogP contribution in [0.25, 0.3) is 0 Å². The van der Waals surface area contributed by atoms with Crippen LogP contribution < -0.4 is 5.73 Å². The lowest BCUT2D eigenvalue weighted by Gasteiger charge is -2.09. The smallest absolute Gasteiger partial charge is 0.132 e. The fourth-order valence-corrected chi connectivity index (χ4v) is 1.87. The van der Waals surface area contributed by atoms with Gasteiger partial charge >= 0.3 is 0 Å². The summed E-state index contributed by atoms with van der Waals surface area (Å²) in [5, 5.41) is 0. The molecule has 0 spiro atoms. The van der Waals surface area contributed by atoms with E-state index in [-0.39, 0.29) is 6.04 Å². The van der Waals surface area contributed by atoms with Gasteiger partial charge in [-0.1, -0.05) is 25.7 Å². The van der Waals surface area contributed by atoms with Crippen LogP contribution in [-0.4, -0.2) is 11.8 Å². The molecule has 0 heterocycles. The Kier molecular flexibility index (Phi) is 5.06. The highest BCUT2D eigenvalue weighted by atomic mass is 16.1. The third-order valence-corrected chi connectivity index (χ3v) is 2.82. The third-order valence-electron chi connectivity index (χ3n) is 2.82. The van der Waals surface area contributed by atoms with E-state index in [1.54, 1.807) is 0 Å². The molecular weight excluding hydrogens is 162 g/mol. The lowest BCUT2D eigenvalue weighted by molar-refractivity contribution is -0.119. The summed E-state index contributed by atoms with van der Waals surface area (Å²) < 4.78 is 0. The Morgan fingerprint density at radius 2 is 1.62 bits per heavy atom. The molecule has 0 bridgehead atoms. The first-order valence-electron chi connectivity index (χ1n) is 5.56. The summed E-state index contributed by atoms with van der Waals surface area (Å²) in [6.45, 7) is 0. The number of hydrogen-bond acceptors (Lipinski definition) is 2. The molecule has 1 unspecified atom stereocenters. The van der Waals surface area contributed by atoms with Crippen LogP contribution in [0.15, 0.2) is 0 Å². The molecule has 1 rings (SSSR count). The standard InChI is InChI=1S/C11H21NO/c12-10-6-4-2-1-3-5-7-11(13)9-8-10/h10H,1-9,12H2. The predicted molar refractivity (Wildman–Crippen MR) is 54.5 cm³/mol. The van der Waals surface area contributed by atoms with Gasteiger partial charge in [-0.3, -0.25) is 4.79 Å². The maximum absolute atomic E-state index is 11.3. The van der Waals surface area contributed by atoms with Gasteiger partial charge in [-0.25, -0.2) is 0 Å². The number of carbonyl (C=O) groups is 1. The van der Waals surface area contributed by atoms with Crippen LogP contribution in [0, 0.1) is 0 Å². The molecule has 0 radical (unpaired) electrons. The van der Waals surface area contributed by atoms with Crippen LogP contribution >= 0.6 is 0 Å². The van der Waals surface area contributed by atoms with E-state index in [1.807, 2.05) is 0 Å². The summed E-state index contributed by atoms with van der Waals surface area (Å²) in [6.07, 6.45) is 9.63. The largest absolute Gasteiger partial charge is 0.328 e. The first-order chi connectivity index (χ1) is 6.29. The molecule has 0 aromatic heterocycles. The molecular formula is C11H21NO. The van der Waals surface area contributed by atoms with E-state index in [0.717, 1.165) is 25.7 Å². The number of nitrogens with two attached hydrogens (primary N) is 1. The van der Waals surface area contributed by atoms with Crippen LogP contribution in [0.3, 0.4) is 0 Å². The molecule has 76 valence electrons. The Balaban J connectivity index is 2.28. The molecule has 2 nitrogen and oxygen atoms in total. The Bertz CT molecular complexity index is 156. The van der Waals surface area contributed by atoms with Crippen LogP contribution in [0.5, 0.6) is 0 Å². The number of hydrogen-bond donors (Lipinski definition) is 1. The topological polar surface area (TPSA) is 43.1 Å². The van der Waals surface area contributed by atoms with E-state index in [4.69, 9.17) is 5.73 Å². The Morgan fingerprint density at radius 3 is 2.46 bits per heavy atom. The van der Waals surface area contributed by atoms with Gasteiger partial charge in [0.15, 0.2) is 0 Å². The molecule has 2 heteroatoms. The highest BCUT2D eigenvalue weighted by Gasteiger charge is 2.08. The number of Topliss-reactive ketones (excluding diaryl/α,β-unsaturated/α-hetero) is 1. The SMILES string of the molecule is NC1CCCCCCCC(=O)CC1. The highest BCUT2D eigenvalue weighted by Crippen LogP contribution is 2.13. The summed E-state index contributed by atoms with van der Waals surface area (Å²) in [5.74, 6) is 0.414. The molecule has 1 fully saturated rings. The van der Waals surface area contributed by atoms with E-state index in [0.29, 0.717) is 12.2 Å². The summed E-state index contributed by atoms with van der Waals surface area (Å²) in [7, 11) is 0. The molecule has 1 saturated carbocycles. The van der Waals surface area contributed by atoms with Crippen molar-refractivity contribution >= 4 is 5.78 Å². The lowest BCUT2D eigenvalue weighted by Crippen LogP contribution is -2.20. The number of ketones is 1. The van der Waals surface area contributed by atoms with Gasteiger partial charge in [-0.2, -0.15) is 0 Å². The second-order valence-electron chi connectivity index (χ2n) is 4.14. The molecule has 1 aliphatic carbocycles. The summed E-state index contributed by atoms with van der Waals surface area (Å²) >= 11 is 0. The predicted octanol–water partition coefficient (Wildman–Crippen LogP) is 2.41. The molecule has 1 aliphatic rings. The zero-order chi connectivity index (χ0) is 9.52. The maximum Gasteiger partial charge on any atom is 0.132 e. The number of rotatable bonds is 0. The highest BCUT2D eigenvalue weighted by molar-refractivity contribution is 5.78. The van der Waals surface area contributed by atoms with Crippen LogP contribution in [0.2, 0.25) is 0 Å². The zero-order valence-corrected chi connectivity index (χ0v) is 8.43. The van der Waals surface area contributed by atoms with Crippen LogP contribution in [0.4, 0.5) is 0 Å². The average molecular weight is 183 g/mol. The van der Waals surface area contributed by atoms with Crippen LogP contribution in [0.1, 0.15) is 57.8 Å². The first-order valence-corrected chi connectivity index (χ1v) is 5.56. The molecule has 0 amide bonds. The second kappa shape index (κ2) is 6.14. The number of carbonyl (C=O) groups excluding carboxylic acids is 1. The van der Waals surface area contributed by atoms with Crippen molar-refractivity contribution in [3.05, 3.63) is 0 Å². The van der Waals surface area contributed by atoms with E-state index < -0.39 is 0 Å². The molecule has 0 aliphatic heterocycles. The van der Waals surface area contributed by atoms with Crippen molar-refractivity contribution in [2.75, 3.05) is 0 Å². The lowest BCUT2D eigenvalue weighted by atomic mass is 10.0. The summed E-state index contributed by atoms with van der Waals surface area (Å²) in [5.41, 5.74) is 5.89. The summed E-state index contributed by atoms with van der Waals surface area (Å²) in [6, 6.07) is 0.266. The van der Waals surface area contributed by atoms with Gasteiger partial charge in [0.1, 0.15) is 5.78 Å². The molecule has 2 N–H and O–H groups in total. The normalized spacial score (nSPS) is 28.1. The maximum atomic E-state index is 11.3. The second-order valence-corrected chi connectivity index (χ2v) is 4.14. The van der Waals surface area contributed by atoms with Gasteiger partial charge < -0.3 is 5.73 Å². The minimum Gasteiger partial charge on any atom is -0.328 e. The van der Waals surface area contributed by atoms with Gasteiger partial charge in [0.05, 0.1) is 0 Å². The fraction of sp³-hybridized carbons (Fsp3) is 0.909. The molecule has 13 heavy (non-hydrogen) atoms. The Labute approximate surface area is 80.9 Å². The minimum atomic E-state index is 0.266. The molecule has 1 atom stereocenters. The monoisotopic (exact) mass is 183 g/mol. The van der Waals surface area contributed by atoms with Crippen molar-refractivity contribution < 1.29 is 4.79 Å². The first kappa shape index (κ1) is 10.7.